The molecule has 134 valence electrons. The molecule has 0 aliphatic rings. The third kappa shape index (κ3) is 4.55. The first-order chi connectivity index (χ1) is 12.6. The van der Waals surface area contributed by atoms with E-state index < -0.39 is 10.0 Å². The van der Waals surface area contributed by atoms with Gasteiger partial charge in [0.1, 0.15) is 17.2 Å². The van der Waals surface area contributed by atoms with E-state index in [0.717, 1.165) is 5.75 Å². The highest BCUT2D eigenvalue weighted by molar-refractivity contribution is 7.92. The van der Waals surface area contributed by atoms with Gasteiger partial charge in [-0.2, -0.15) is 0 Å². The monoisotopic (exact) mass is 369 g/mol. The maximum atomic E-state index is 12.5. The smallest absolute Gasteiger partial charge is 0.261 e. The van der Waals surface area contributed by atoms with Gasteiger partial charge in [-0.25, -0.2) is 8.42 Å². The van der Waals surface area contributed by atoms with Gasteiger partial charge in [0, 0.05) is 5.69 Å². The molecule has 0 radical (unpaired) electrons. The second-order valence-electron chi connectivity index (χ2n) is 5.45. The highest BCUT2D eigenvalue weighted by atomic mass is 32.2. The third-order valence-electron chi connectivity index (χ3n) is 3.53. The van der Waals surface area contributed by atoms with Crippen LogP contribution in [0.1, 0.15) is 6.92 Å². The maximum absolute atomic E-state index is 12.5. The Morgan fingerprint density at radius 2 is 1.35 bits per heavy atom. The molecule has 0 heterocycles. The van der Waals surface area contributed by atoms with Crippen LogP contribution in [0.2, 0.25) is 0 Å². The number of nitrogens with one attached hydrogen (secondary N) is 1. The molecule has 1 N–H and O–H groups in total. The van der Waals surface area contributed by atoms with Crippen molar-refractivity contribution >= 4 is 15.7 Å². The minimum Gasteiger partial charge on any atom is -0.494 e. The molecular weight excluding hydrogens is 350 g/mol. The summed E-state index contributed by atoms with van der Waals surface area (Å²) < 4.78 is 38.5. The summed E-state index contributed by atoms with van der Waals surface area (Å²) in [6, 6.07) is 22.4. The minimum atomic E-state index is -3.66. The van der Waals surface area contributed by atoms with Gasteiger partial charge in [0.25, 0.3) is 10.0 Å². The van der Waals surface area contributed by atoms with Crippen LogP contribution >= 0.6 is 0 Å². The number of para-hydroxylation sites is 1. The van der Waals surface area contributed by atoms with Crippen molar-refractivity contribution in [3.63, 3.8) is 0 Å². The molecule has 0 unspecified atom stereocenters. The van der Waals surface area contributed by atoms with Crippen molar-refractivity contribution in [3.05, 3.63) is 78.9 Å². The Hall–Kier alpha value is -2.99. The van der Waals surface area contributed by atoms with Gasteiger partial charge in [-0.05, 0) is 67.6 Å². The Kier molecular flexibility index (Phi) is 5.43. The summed E-state index contributed by atoms with van der Waals surface area (Å²) in [7, 11) is -3.66. The van der Waals surface area contributed by atoms with E-state index in [2.05, 4.69) is 4.72 Å². The summed E-state index contributed by atoms with van der Waals surface area (Å²) in [6.45, 7) is 2.40. The molecule has 0 aromatic heterocycles. The van der Waals surface area contributed by atoms with Crippen molar-refractivity contribution in [2.24, 2.45) is 0 Å². The lowest BCUT2D eigenvalue weighted by molar-refractivity contribution is 0.340. The van der Waals surface area contributed by atoms with Gasteiger partial charge in [-0.3, -0.25) is 4.72 Å². The molecule has 0 bridgehead atoms. The summed E-state index contributed by atoms with van der Waals surface area (Å²) in [4.78, 5) is 0.172. The number of ether oxygens (including phenoxy) is 2. The van der Waals surface area contributed by atoms with E-state index in [1.165, 1.54) is 12.1 Å². The number of sulfonamides is 1. The molecule has 26 heavy (non-hydrogen) atoms. The molecule has 0 amide bonds. The van der Waals surface area contributed by atoms with Crippen molar-refractivity contribution in [2.45, 2.75) is 11.8 Å². The normalized spacial score (nSPS) is 11.0. The SMILES string of the molecule is CCOc1ccc(S(=O)(=O)Nc2ccc(Oc3ccccc3)cc2)cc1. The summed E-state index contributed by atoms with van der Waals surface area (Å²) in [5.74, 6) is 1.98. The fourth-order valence-electron chi connectivity index (χ4n) is 2.31. The number of anilines is 1. The van der Waals surface area contributed by atoms with E-state index in [1.807, 2.05) is 37.3 Å². The van der Waals surface area contributed by atoms with Crippen LogP contribution < -0.4 is 14.2 Å². The lowest BCUT2D eigenvalue weighted by Crippen LogP contribution is -2.12. The first-order valence-electron chi connectivity index (χ1n) is 8.15. The Morgan fingerprint density at radius 1 is 0.769 bits per heavy atom. The molecule has 0 saturated carbocycles. The van der Waals surface area contributed by atoms with E-state index in [1.54, 1.807) is 36.4 Å². The van der Waals surface area contributed by atoms with Gasteiger partial charge in [0.2, 0.25) is 0 Å². The number of hydrogen-bond acceptors (Lipinski definition) is 4. The van der Waals surface area contributed by atoms with Crippen molar-refractivity contribution in [1.29, 1.82) is 0 Å². The second-order valence-corrected chi connectivity index (χ2v) is 7.13. The highest BCUT2D eigenvalue weighted by Gasteiger charge is 2.14. The molecule has 0 atom stereocenters. The Bertz CT molecular complexity index is 937. The van der Waals surface area contributed by atoms with Gasteiger partial charge in [0.05, 0.1) is 11.5 Å². The average molecular weight is 369 g/mol. The van der Waals surface area contributed by atoms with E-state index in [-0.39, 0.29) is 4.90 Å². The molecule has 0 aliphatic carbocycles. The predicted octanol–water partition coefficient (Wildman–Crippen LogP) is 4.68. The van der Waals surface area contributed by atoms with Crippen LogP contribution in [0.4, 0.5) is 5.69 Å². The van der Waals surface area contributed by atoms with Gasteiger partial charge < -0.3 is 9.47 Å². The molecule has 3 aromatic rings. The van der Waals surface area contributed by atoms with E-state index >= 15 is 0 Å². The molecule has 6 heteroatoms. The Labute approximate surface area is 153 Å². The van der Waals surface area contributed by atoms with Crippen LogP contribution in [0.3, 0.4) is 0 Å². The number of hydrogen-bond donors (Lipinski definition) is 1. The van der Waals surface area contributed by atoms with Gasteiger partial charge in [0.15, 0.2) is 0 Å². The van der Waals surface area contributed by atoms with E-state index in [4.69, 9.17) is 9.47 Å². The highest BCUT2D eigenvalue weighted by Crippen LogP contribution is 2.24. The van der Waals surface area contributed by atoms with Crippen LogP contribution in [0.15, 0.2) is 83.8 Å². The van der Waals surface area contributed by atoms with Gasteiger partial charge in [-0.15, -0.1) is 0 Å². The standard InChI is InChI=1S/C20H19NO4S/c1-2-24-17-12-14-20(15-13-17)26(22,23)21-16-8-10-19(11-9-16)25-18-6-4-3-5-7-18/h3-15,21H,2H2,1H3. The first-order valence-corrected chi connectivity index (χ1v) is 9.64. The molecular formula is C20H19NO4S. The molecule has 3 aromatic carbocycles. The first kappa shape index (κ1) is 17.8. The van der Waals surface area contributed by atoms with Gasteiger partial charge in [-0.1, -0.05) is 18.2 Å². The summed E-state index contributed by atoms with van der Waals surface area (Å²) in [6.07, 6.45) is 0. The molecule has 0 aliphatic heterocycles. The fourth-order valence-corrected chi connectivity index (χ4v) is 3.37. The third-order valence-corrected chi connectivity index (χ3v) is 4.93. The molecule has 0 spiro atoms. The summed E-state index contributed by atoms with van der Waals surface area (Å²) >= 11 is 0. The lowest BCUT2D eigenvalue weighted by Gasteiger charge is -2.10. The van der Waals surface area contributed by atoms with Crippen LogP contribution in [-0.4, -0.2) is 15.0 Å². The van der Waals surface area contributed by atoms with E-state index in [9.17, 15) is 8.42 Å². The zero-order chi connectivity index (χ0) is 18.4. The number of rotatable bonds is 7. The predicted molar refractivity (Wildman–Crippen MR) is 101 cm³/mol. The Balaban J connectivity index is 1.69. The lowest BCUT2D eigenvalue weighted by atomic mass is 10.3. The van der Waals surface area contributed by atoms with Crippen LogP contribution in [0.5, 0.6) is 17.2 Å². The second kappa shape index (κ2) is 7.93. The van der Waals surface area contributed by atoms with Crippen LogP contribution in [-0.2, 0) is 10.0 Å². The topological polar surface area (TPSA) is 64.6 Å². The average Bonchev–Trinajstić information content (AvgIpc) is 2.65. The molecule has 0 fully saturated rings. The summed E-state index contributed by atoms with van der Waals surface area (Å²) in [5, 5.41) is 0. The van der Waals surface area contributed by atoms with Crippen LogP contribution in [0, 0.1) is 0 Å². The van der Waals surface area contributed by atoms with Crippen LogP contribution in [0.25, 0.3) is 0 Å². The largest absolute Gasteiger partial charge is 0.494 e. The molecule has 0 saturated heterocycles. The van der Waals surface area contributed by atoms with Crippen molar-refractivity contribution in [2.75, 3.05) is 11.3 Å². The molecule has 3 rings (SSSR count). The Morgan fingerprint density at radius 3 is 1.96 bits per heavy atom. The van der Waals surface area contributed by atoms with Crippen molar-refractivity contribution in [3.8, 4) is 17.2 Å². The molecule has 5 nitrogen and oxygen atoms in total. The number of benzene rings is 3. The maximum Gasteiger partial charge on any atom is 0.261 e. The minimum absolute atomic E-state index is 0.172. The van der Waals surface area contributed by atoms with E-state index in [0.29, 0.717) is 23.8 Å². The fraction of sp³-hybridized carbons (Fsp3) is 0.100. The zero-order valence-corrected chi connectivity index (χ0v) is 15.1. The van der Waals surface area contributed by atoms with Crippen molar-refractivity contribution < 1.29 is 17.9 Å². The quantitative estimate of drug-likeness (QED) is 0.657. The van der Waals surface area contributed by atoms with Gasteiger partial charge >= 0.3 is 0 Å². The van der Waals surface area contributed by atoms with Crippen molar-refractivity contribution in [1.82, 2.24) is 0 Å². The zero-order valence-electron chi connectivity index (χ0n) is 14.3. The summed E-state index contributed by atoms with van der Waals surface area (Å²) in [5.41, 5.74) is 0.458.